The van der Waals surface area contributed by atoms with Gasteiger partial charge >= 0.3 is 11.9 Å². The Morgan fingerprint density at radius 2 is 1.73 bits per heavy atom. The van der Waals surface area contributed by atoms with Crippen LogP contribution >= 0.6 is 0 Å². The Morgan fingerprint density at radius 3 is 2.40 bits per heavy atom. The van der Waals surface area contributed by atoms with Gasteiger partial charge in [0.1, 0.15) is 12.6 Å². The van der Waals surface area contributed by atoms with Gasteiger partial charge in [0.25, 0.3) is 11.8 Å². The average molecular weight is 412 g/mol. The van der Waals surface area contributed by atoms with E-state index in [0.29, 0.717) is 5.56 Å². The van der Waals surface area contributed by atoms with Crippen LogP contribution in [0.15, 0.2) is 54.6 Å². The van der Waals surface area contributed by atoms with E-state index in [4.69, 9.17) is 9.47 Å². The molecule has 0 unspecified atom stereocenters. The van der Waals surface area contributed by atoms with Gasteiger partial charge in [0.05, 0.1) is 7.11 Å². The predicted molar refractivity (Wildman–Crippen MR) is 109 cm³/mol. The predicted octanol–water partition coefficient (Wildman–Crippen LogP) is 1.17. The summed E-state index contributed by atoms with van der Waals surface area (Å²) < 4.78 is 9.58. The first-order valence-corrected chi connectivity index (χ1v) is 9.30. The lowest BCUT2D eigenvalue weighted by Crippen LogP contribution is -2.45. The van der Waals surface area contributed by atoms with Crippen LogP contribution in [0.2, 0.25) is 0 Å². The standard InChI is InChI=1S/C22H24N2O6/c1-15-7-6-10-17(11-15)21(27)23-13-20(26)30-14-19(25)24-18(22(28)29-2)12-16-8-4-3-5-9-16/h3-11,18H,12-14H2,1-2H3,(H,23,27)(H,24,25)/t18-/m1/s1. The molecule has 0 aromatic heterocycles. The maximum atomic E-state index is 12.1. The Hall–Kier alpha value is -3.68. The normalized spacial score (nSPS) is 11.1. The molecule has 30 heavy (non-hydrogen) atoms. The minimum atomic E-state index is -0.912. The Labute approximate surface area is 174 Å². The molecular formula is C22H24N2O6. The zero-order valence-corrected chi connectivity index (χ0v) is 16.8. The third-order valence-corrected chi connectivity index (χ3v) is 4.14. The molecule has 2 aromatic rings. The summed E-state index contributed by atoms with van der Waals surface area (Å²) in [5.41, 5.74) is 2.17. The molecule has 2 N–H and O–H groups in total. The number of amides is 2. The molecule has 0 spiro atoms. The second kappa shape index (κ2) is 11.4. The summed E-state index contributed by atoms with van der Waals surface area (Å²) in [6, 6.07) is 15.1. The summed E-state index contributed by atoms with van der Waals surface area (Å²) in [6.07, 6.45) is 0.236. The molecule has 0 bridgehead atoms. The van der Waals surface area contributed by atoms with Crippen molar-refractivity contribution in [2.24, 2.45) is 0 Å². The second-order valence-electron chi connectivity index (χ2n) is 6.55. The first kappa shape index (κ1) is 22.6. The van der Waals surface area contributed by atoms with Crippen LogP contribution in [0.5, 0.6) is 0 Å². The van der Waals surface area contributed by atoms with E-state index in [1.165, 1.54) is 7.11 Å². The fraction of sp³-hybridized carbons (Fsp3) is 0.273. The van der Waals surface area contributed by atoms with Crippen molar-refractivity contribution in [2.75, 3.05) is 20.3 Å². The van der Waals surface area contributed by atoms with Crippen molar-refractivity contribution in [3.8, 4) is 0 Å². The van der Waals surface area contributed by atoms with E-state index < -0.39 is 36.4 Å². The highest BCUT2D eigenvalue weighted by atomic mass is 16.5. The summed E-state index contributed by atoms with van der Waals surface area (Å²) in [5.74, 6) is -2.46. The summed E-state index contributed by atoms with van der Waals surface area (Å²) in [4.78, 5) is 47.8. The molecule has 0 aliphatic carbocycles. The fourth-order valence-electron chi connectivity index (χ4n) is 2.66. The highest BCUT2D eigenvalue weighted by Gasteiger charge is 2.22. The Bertz CT molecular complexity index is 898. The SMILES string of the molecule is COC(=O)[C@@H](Cc1ccccc1)NC(=O)COC(=O)CNC(=O)c1cccc(C)c1. The highest BCUT2D eigenvalue weighted by Crippen LogP contribution is 2.05. The first-order chi connectivity index (χ1) is 14.4. The molecule has 0 saturated heterocycles. The number of rotatable bonds is 9. The Morgan fingerprint density at radius 1 is 1.00 bits per heavy atom. The number of hydrogen-bond donors (Lipinski definition) is 2. The van der Waals surface area contributed by atoms with Crippen LogP contribution in [0.25, 0.3) is 0 Å². The van der Waals surface area contributed by atoms with E-state index in [-0.39, 0.29) is 13.0 Å². The van der Waals surface area contributed by atoms with E-state index in [1.807, 2.05) is 43.3 Å². The van der Waals surface area contributed by atoms with Crippen molar-refractivity contribution in [3.05, 3.63) is 71.3 Å². The fourth-order valence-corrected chi connectivity index (χ4v) is 2.66. The molecule has 2 rings (SSSR count). The summed E-state index contributed by atoms with van der Waals surface area (Å²) >= 11 is 0. The highest BCUT2D eigenvalue weighted by molar-refractivity contribution is 5.96. The largest absolute Gasteiger partial charge is 0.467 e. The van der Waals surface area contributed by atoms with Gasteiger partial charge < -0.3 is 20.1 Å². The topological polar surface area (TPSA) is 111 Å². The molecule has 0 fully saturated rings. The number of esters is 2. The lowest BCUT2D eigenvalue weighted by atomic mass is 10.1. The maximum absolute atomic E-state index is 12.1. The van der Waals surface area contributed by atoms with E-state index >= 15 is 0 Å². The Balaban J connectivity index is 1.79. The van der Waals surface area contributed by atoms with Gasteiger partial charge in [0.2, 0.25) is 0 Å². The number of ether oxygens (including phenoxy) is 2. The van der Waals surface area contributed by atoms with Crippen LogP contribution in [-0.2, 0) is 30.3 Å². The van der Waals surface area contributed by atoms with Crippen molar-refractivity contribution >= 4 is 23.8 Å². The van der Waals surface area contributed by atoms with E-state index in [2.05, 4.69) is 10.6 Å². The van der Waals surface area contributed by atoms with Gasteiger partial charge in [-0.2, -0.15) is 0 Å². The average Bonchev–Trinajstić information content (AvgIpc) is 2.75. The lowest BCUT2D eigenvalue weighted by Gasteiger charge is -2.16. The molecular weight excluding hydrogens is 388 g/mol. The zero-order chi connectivity index (χ0) is 21.9. The van der Waals surface area contributed by atoms with Crippen LogP contribution in [0.4, 0.5) is 0 Å². The number of carbonyl (C=O) groups is 4. The van der Waals surface area contributed by atoms with Crippen molar-refractivity contribution in [2.45, 2.75) is 19.4 Å². The van der Waals surface area contributed by atoms with E-state index in [1.54, 1.807) is 18.2 Å². The van der Waals surface area contributed by atoms with Gasteiger partial charge in [-0.25, -0.2) is 4.79 Å². The number of aryl methyl sites for hydroxylation is 1. The van der Waals surface area contributed by atoms with Gasteiger partial charge in [0, 0.05) is 12.0 Å². The van der Waals surface area contributed by atoms with Gasteiger partial charge in [-0.1, -0.05) is 48.0 Å². The van der Waals surface area contributed by atoms with Crippen LogP contribution in [0, 0.1) is 6.92 Å². The molecule has 8 heteroatoms. The zero-order valence-electron chi connectivity index (χ0n) is 16.8. The molecule has 0 heterocycles. The quantitative estimate of drug-likeness (QED) is 0.598. The molecule has 0 saturated carbocycles. The molecule has 2 amide bonds. The molecule has 0 aliphatic rings. The van der Waals surface area contributed by atoms with Gasteiger partial charge in [0.15, 0.2) is 6.61 Å². The van der Waals surface area contributed by atoms with Crippen molar-refractivity contribution < 1.29 is 28.7 Å². The van der Waals surface area contributed by atoms with Crippen molar-refractivity contribution in [1.82, 2.24) is 10.6 Å². The summed E-state index contributed by atoms with van der Waals surface area (Å²) in [6.45, 7) is 0.884. The van der Waals surface area contributed by atoms with E-state index in [9.17, 15) is 19.2 Å². The van der Waals surface area contributed by atoms with Crippen LogP contribution < -0.4 is 10.6 Å². The maximum Gasteiger partial charge on any atom is 0.328 e. The Kier molecular flexibility index (Phi) is 8.56. The van der Waals surface area contributed by atoms with Crippen LogP contribution in [0.1, 0.15) is 21.5 Å². The van der Waals surface area contributed by atoms with Crippen LogP contribution in [0.3, 0.4) is 0 Å². The molecule has 0 radical (unpaired) electrons. The molecule has 0 aliphatic heterocycles. The van der Waals surface area contributed by atoms with E-state index in [0.717, 1.165) is 11.1 Å². The van der Waals surface area contributed by atoms with Crippen LogP contribution in [-0.4, -0.2) is 50.1 Å². The molecule has 8 nitrogen and oxygen atoms in total. The smallest absolute Gasteiger partial charge is 0.328 e. The van der Waals surface area contributed by atoms with Crippen molar-refractivity contribution in [1.29, 1.82) is 0 Å². The third kappa shape index (κ3) is 7.38. The third-order valence-electron chi connectivity index (χ3n) is 4.14. The second-order valence-corrected chi connectivity index (χ2v) is 6.55. The lowest BCUT2D eigenvalue weighted by molar-refractivity contribution is -0.149. The number of methoxy groups -OCH3 is 1. The molecule has 158 valence electrons. The summed E-state index contributed by atoms with van der Waals surface area (Å²) in [7, 11) is 1.23. The minimum Gasteiger partial charge on any atom is -0.467 e. The van der Waals surface area contributed by atoms with Crippen molar-refractivity contribution in [3.63, 3.8) is 0 Å². The number of hydrogen-bond acceptors (Lipinski definition) is 6. The molecule has 1 atom stereocenters. The monoisotopic (exact) mass is 412 g/mol. The van der Waals surface area contributed by atoms with Gasteiger partial charge in [-0.3, -0.25) is 14.4 Å². The summed E-state index contributed by atoms with van der Waals surface area (Å²) in [5, 5.41) is 4.92. The van der Waals surface area contributed by atoms with Gasteiger partial charge in [-0.15, -0.1) is 0 Å². The number of carbonyl (C=O) groups excluding carboxylic acids is 4. The first-order valence-electron chi connectivity index (χ1n) is 9.30. The molecule has 2 aromatic carbocycles. The number of nitrogens with one attached hydrogen (secondary N) is 2. The van der Waals surface area contributed by atoms with Gasteiger partial charge in [-0.05, 0) is 24.6 Å². The minimum absolute atomic E-state index is 0.236. The number of benzene rings is 2.